The number of rotatable bonds is 7. The summed E-state index contributed by atoms with van der Waals surface area (Å²) in [5.74, 6) is 1.01. The predicted octanol–water partition coefficient (Wildman–Crippen LogP) is 14.5. The molecule has 10 rings (SSSR count). The van der Waals surface area contributed by atoms with Crippen molar-refractivity contribution in [2.45, 2.75) is 53.2 Å². The van der Waals surface area contributed by atoms with E-state index < -0.39 is 13.7 Å². The Bertz CT molecular complexity index is 3300. The van der Waals surface area contributed by atoms with Gasteiger partial charge in [0.2, 0.25) is 5.71 Å². The summed E-state index contributed by atoms with van der Waals surface area (Å²) in [6.07, 6.45) is 1.39. The normalized spacial score (nSPS) is 13.1. The van der Waals surface area contributed by atoms with Crippen molar-refractivity contribution in [3.8, 4) is 50.7 Å². The molecule has 0 saturated heterocycles. The average Bonchev–Trinajstić information content (AvgIpc) is 3.90. The molecule has 0 aliphatic rings. The van der Waals surface area contributed by atoms with Gasteiger partial charge in [-0.2, -0.15) is 0 Å². The van der Waals surface area contributed by atoms with Crippen LogP contribution in [-0.2, 0) is 20.1 Å². The van der Waals surface area contributed by atoms with Gasteiger partial charge in [-0.15, -0.1) is 53.6 Å². The second-order valence-electron chi connectivity index (χ2n) is 15.4. The van der Waals surface area contributed by atoms with Gasteiger partial charge < -0.3 is 14.0 Å². The van der Waals surface area contributed by atoms with Gasteiger partial charge in [0.1, 0.15) is 0 Å². The number of aromatic nitrogens is 4. The molecule has 0 aliphatic carbocycles. The number of imidazole rings is 1. The molecule has 0 N–H and O–H groups in total. The molecule has 4 heterocycles. The van der Waals surface area contributed by atoms with Crippen LogP contribution in [0.15, 0.2) is 162 Å². The molecule has 61 heavy (non-hydrogen) atoms. The van der Waals surface area contributed by atoms with Crippen LogP contribution < -0.4 is 0 Å². The van der Waals surface area contributed by atoms with Gasteiger partial charge in [0.15, 0.2) is 0 Å². The van der Waals surface area contributed by atoms with E-state index in [-0.39, 0.29) is 43.1 Å². The van der Waals surface area contributed by atoms with Crippen LogP contribution in [0.3, 0.4) is 0 Å². The third-order valence-corrected chi connectivity index (χ3v) is 10.8. The van der Waals surface area contributed by atoms with Crippen molar-refractivity contribution < 1.29 is 32.7 Å². The standard InChI is InChI=1S/C43H36N3O.C12H10N.Ir/c1-26(2)34-24-31(29-14-8-6-9-15-29)25-35(27(3)4)40(34)46-38-19-13-12-18-37(38)44-42(46)33-21-20-28(5)39-32-22-23-36(30-16-10-7-11-17-30)45-43(32)47-41(33)39;1-10-7-8-12(13-9-10)11-5-3-2-4-6-11;/h6-20,22-27H,1-5H3;2-5,7-9H,1H3;/q2*-1;/i5D3;1D3;. The van der Waals surface area contributed by atoms with E-state index in [4.69, 9.17) is 22.6 Å². The third-order valence-electron chi connectivity index (χ3n) is 10.8. The zero-order valence-electron chi connectivity index (χ0n) is 40.2. The summed E-state index contributed by atoms with van der Waals surface area (Å²) in [6, 6.07) is 55.6. The smallest absolute Gasteiger partial charge is 0.216 e. The maximum absolute atomic E-state index is 8.46. The van der Waals surface area contributed by atoms with Crippen LogP contribution in [0.1, 0.15) is 70.0 Å². The monoisotopic (exact) mass is 977 g/mol. The first-order valence-corrected chi connectivity index (χ1v) is 20.2. The van der Waals surface area contributed by atoms with Gasteiger partial charge in [0.05, 0.1) is 28.1 Å². The maximum Gasteiger partial charge on any atom is 0.216 e. The predicted molar refractivity (Wildman–Crippen MR) is 247 cm³/mol. The molecular formula is C55H46IrN4O-2. The zero-order valence-corrected chi connectivity index (χ0v) is 36.6. The molecule has 0 atom stereocenters. The van der Waals surface area contributed by atoms with E-state index in [9.17, 15) is 0 Å². The molecule has 4 aromatic heterocycles. The molecule has 0 amide bonds. The summed E-state index contributed by atoms with van der Waals surface area (Å²) in [5, 5.41) is 1.15. The van der Waals surface area contributed by atoms with Gasteiger partial charge in [-0.1, -0.05) is 130 Å². The van der Waals surface area contributed by atoms with E-state index in [1.54, 1.807) is 24.3 Å². The number of aryl methyl sites for hydroxylation is 2. The first-order valence-electron chi connectivity index (χ1n) is 23.2. The minimum atomic E-state index is -2.40. The van der Waals surface area contributed by atoms with Crippen LogP contribution in [0, 0.1) is 25.8 Å². The molecule has 0 spiro atoms. The van der Waals surface area contributed by atoms with Crippen molar-refractivity contribution in [1.82, 2.24) is 19.5 Å². The van der Waals surface area contributed by atoms with E-state index in [2.05, 4.69) is 91.8 Å². The van der Waals surface area contributed by atoms with Crippen molar-refractivity contribution in [2.75, 3.05) is 0 Å². The van der Waals surface area contributed by atoms with Crippen LogP contribution in [-0.4, -0.2) is 19.5 Å². The second kappa shape index (κ2) is 17.6. The van der Waals surface area contributed by atoms with Crippen LogP contribution in [0.4, 0.5) is 0 Å². The number of hydrogen-bond donors (Lipinski definition) is 0. The van der Waals surface area contributed by atoms with Gasteiger partial charge in [0, 0.05) is 51.2 Å². The van der Waals surface area contributed by atoms with Crippen molar-refractivity contribution in [3.63, 3.8) is 0 Å². The molecule has 0 unspecified atom stereocenters. The molecule has 303 valence electrons. The van der Waals surface area contributed by atoms with Crippen LogP contribution in [0.25, 0.3) is 83.8 Å². The summed E-state index contributed by atoms with van der Waals surface area (Å²) in [5.41, 5.74) is 12.6. The largest absolute Gasteiger partial charge is 0.486 e. The fraction of sp³-hybridized carbons (Fsp3) is 0.145. The molecule has 0 aliphatic heterocycles. The third kappa shape index (κ3) is 8.10. The Labute approximate surface area is 380 Å². The molecule has 0 bridgehead atoms. The fourth-order valence-electron chi connectivity index (χ4n) is 7.78. The quantitative estimate of drug-likeness (QED) is 0.149. The molecule has 6 aromatic carbocycles. The van der Waals surface area contributed by atoms with Crippen molar-refractivity contribution in [1.29, 1.82) is 0 Å². The van der Waals surface area contributed by atoms with E-state index in [0.29, 0.717) is 33.5 Å². The van der Waals surface area contributed by atoms with Crippen LogP contribution >= 0.6 is 0 Å². The Balaban J connectivity index is 0.000000303. The van der Waals surface area contributed by atoms with Crippen molar-refractivity contribution >= 4 is 33.1 Å². The number of furan rings is 1. The molecule has 0 fully saturated rings. The number of hydrogen-bond acceptors (Lipinski definition) is 4. The first kappa shape index (κ1) is 34.3. The molecular weight excluding hydrogens is 925 g/mol. The van der Waals surface area contributed by atoms with Gasteiger partial charge >= 0.3 is 0 Å². The number of para-hydroxylation sites is 2. The molecule has 10 aromatic rings. The van der Waals surface area contributed by atoms with Crippen molar-refractivity contribution in [2.24, 2.45) is 0 Å². The van der Waals surface area contributed by atoms with E-state index in [1.807, 2.05) is 84.9 Å². The Morgan fingerprint density at radius 1 is 0.656 bits per heavy atom. The summed E-state index contributed by atoms with van der Waals surface area (Å²) >= 11 is 0. The van der Waals surface area contributed by atoms with Gasteiger partial charge in [0.25, 0.3) is 0 Å². The van der Waals surface area contributed by atoms with E-state index in [0.717, 1.165) is 39.2 Å². The van der Waals surface area contributed by atoms with Crippen molar-refractivity contribution in [3.05, 3.63) is 192 Å². The number of pyridine rings is 2. The summed E-state index contributed by atoms with van der Waals surface area (Å²) < 4.78 is 55.9. The zero-order chi connectivity index (χ0) is 46.3. The number of benzene rings is 6. The molecule has 6 heteroatoms. The van der Waals surface area contributed by atoms with Gasteiger partial charge in [-0.25, -0.2) is 4.98 Å². The van der Waals surface area contributed by atoms with Crippen LogP contribution in [0.2, 0.25) is 0 Å². The number of fused-ring (bicyclic) bond motifs is 4. The fourth-order valence-corrected chi connectivity index (χ4v) is 7.78. The SMILES string of the molecule is [2H]C([2H])([2H])c1c[c-]c(-c2nc3ccccc3n2-c2c(C(C)C)cc(-c3ccccc3)cc2C(C)C)c2oc3nc(-c4ccccc4)ccc3c12.[2H]C([2H])([2H])c1ccc(-c2[c-]cccc2)nc1.[Ir]. The molecule has 0 saturated carbocycles. The molecule has 5 nitrogen and oxygen atoms in total. The first-order chi connectivity index (χ1) is 31.7. The van der Waals surface area contributed by atoms with Crippen LogP contribution in [0.5, 0.6) is 0 Å². The topological polar surface area (TPSA) is 56.7 Å². The number of nitrogens with zero attached hydrogens (tertiary/aromatic N) is 4. The minimum absolute atomic E-state index is 0. The maximum atomic E-state index is 8.46. The van der Waals surface area contributed by atoms with Gasteiger partial charge in [-0.3, -0.25) is 4.98 Å². The summed E-state index contributed by atoms with van der Waals surface area (Å²) in [6.45, 7) is 4.40. The Hall–Kier alpha value is -6.46. The van der Waals surface area contributed by atoms with E-state index in [1.165, 1.54) is 28.5 Å². The Kier molecular flexibility index (Phi) is 9.91. The minimum Gasteiger partial charge on any atom is -0.486 e. The Morgan fingerprint density at radius 2 is 1.34 bits per heavy atom. The average molecular weight is 977 g/mol. The molecule has 1 radical (unpaired) electrons. The summed E-state index contributed by atoms with van der Waals surface area (Å²) in [4.78, 5) is 14.2. The van der Waals surface area contributed by atoms with E-state index >= 15 is 0 Å². The Morgan fingerprint density at radius 3 is 2.00 bits per heavy atom. The second-order valence-corrected chi connectivity index (χ2v) is 15.4. The summed E-state index contributed by atoms with van der Waals surface area (Å²) in [7, 11) is 0. The van der Waals surface area contributed by atoms with Gasteiger partial charge in [-0.05, 0) is 88.6 Å².